The zero-order valence-corrected chi connectivity index (χ0v) is 24.1. The van der Waals surface area contributed by atoms with E-state index >= 15 is 0 Å². The van der Waals surface area contributed by atoms with E-state index in [9.17, 15) is 9.59 Å². The van der Waals surface area contributed by atoms with Crippen molar-refractivity contribution in [2.75, 3.05) is 39.7 Å². The number of urea groups is 1. The van der Waals surface area contributed by atoms with Crippen LogP contribution in [0.1, 0.15) is 28.9 Å². The van der Waals surface area contributed by atoms with Crippen LogP contribution in [0.25, 0.3) is 10.9 Å². The van der Waals surface area contributed by atoms with E-state index in [-0.39, 0.29) is 17.9 Å². The molecule has 3 aromatic rings. The molecule has 6 rings (SSSR count). The Bertz CT molecular complexity index is 1730. The Morgan fingerprint density at radius 2 is 1.83 bits per heavy atom. The molecule has 0 aliphatic carbocycles. The second-order valence-corrected chi connectivity index (χ2v) is 10.8. The summed E-state index contributed by atoms with van der Waals surface area (Å²) in [6.07, 6.45) is 7.23. The molecule has 1 saturated heterocycles. The molecular weight excluding hydrogens is 534 g/mol. The Labute approximate surface area is 243 Å². The van der Waals surface area contributed by atoms with Gasteiger partial charge in [0, 0.05) is 31.4 Å². The number of amidine groups is 1. The summed E-state index contributed by atoms with van der Waals surface area (Å²) in [4.78, 5) is 36.3. The number of carbonyl (C=O) groups is 2. The quantitative estimate of drug-likeness (QED) is 0.433. The summed E-state index contributed by atoms with van der Waals surface area (Å²) < 4.78 is 13.4. The van der Waals surface area contributed by atoms with Crippen LogP contribution in [0.4, 0.5) is 10.5 Å². The van der Waals surface area contributed by atoms with Gasteiger partial charge in [0.25, 0.3) is 5.91 Å². The first-order valence-electron chi connectivity index (χ1n) is 13.8. The number of allylic oxidation sites excluding steroid dienone is 2. The first-order valence-corrected chi connectivity index (χ1v) is 13.8. The van der Waals surface area contributed by atoms with E-state index in [1.165, 1.54) is 0 Å². The third-order valence-electron chi connectivity index (χ3n) is 8.48. The third kappa shape index (κ3) is 4.42. The van der Waals surface area contributed by atoms with E-state index in [2.05, 4.69) is 17.4 Å². The van der Waals surface area contributed by atoms with Gasteiger partial charge >= 0.3 is 6.03 Å². The van der Waals surface area contributed by atoms with Crippen molar-refractivity contribution in [1.82, 2.24) is 9.47 Å². The van der Waals surface area contributed by atoms with E-state index in [1.54, 1.807) is 25.3 Å². The standard InChI is InChI=1S/C31H33N7O4/c1-36-23-6-5-7-26(41-3)21(23)17-24(36)30(39)34-22-9-8-20(16-27(22)42-4)29-35-28(25-18-33-12-15-38(25,29)2)19-10-13-37(14-11-19)31(32)40/h5-9,12,15-19H,10-11,13-14H2,1-4H3,(H2-,32,33,34,35,39,40)/p+1. The van der Waals surface area contributed by atoms with Crippen LogP contribution in [0.3, 0.4) is 0 Å². The molecule has 1 unspecified atom stereocenters. The molecule has 4 heterocycles. The molecule has 0 spiro atoms. The molecule has 42 heavy (non-hydrogen) atoms. The highest BCUT2D eigenvalue weighted by Gasteiger charge is 2.45. The van der Waals surface area contributed by atoms with Gasteiger partial charge in [-0.1, -0.05) is 6.07 Å². The molecule has 3 N–H and O–H groups in total. The number of likely N-dealkylation sites (tertiary alicyclic amines) is 1. The number of rotatable bonds is 6. The maximum absolute atomic E-state index is 13.4. The zero-order chi connectivity index (χ0) is 29.6. The predicted molar refractivity (Wildman–Crippen MR) is 162 cm³/mol. The number of anilines is 1. The largest absolute Gasteiger partial charge is 0.496 e. The molecule has 11 nitrogen and oxygen atoms in total. The number of nitrogens with two attached hydrogens (primary N) is 1. The van der Waals surface area contributed by atoms with Gasteiger partial charge in [-0.05, 0) is 49.2 Å². The second kappa shape index (κ2) is 10.5. The fraction of sp³-hybridized carbons (Fsp3) is 0.290. The highest BCUT2D eigenvalue weighted by molar-refractivity contribution is 6.08. The van der Waals surface area contributed by atoms with Gasteiger partial charge in [0.2, 0.25) is 5.84 Å². The normalized spacial score (nSPS) is 20.1. The summed E-state index contributed by atoms with van der Waals surface area (Å²) in [7, 11) is 7.14. The molecule has 0 bridgehead atoms. The molecule has 0 radical (unpaired) electrons. The number of piperidine rings is 1. The lowest BCUT2D eigenvalue weighted by Gasteiger charge is -2.31. The lowest BCUT2D eigenvalue weighted by atomic mass is 9.92. The number of aryl methyl sites for hydroxylation is 1. The molecule has 2 aromatic carbocycles. The van der Waals surface area contributed by atoms with Gasteiger partial charge in [0.15, 0.2) is 5.70 Å². The highest BCUT2D eigenvalue weighted by Crippen LogP contribution is 2.40. The number of amides is 3. The number of aromatic nitrogens is 1. The van der Waals surface area contributed by atoms with Crippen molar-refractivity contribution in [3.05, 3.63) is 77.5 Å². The van der Waals surface area contributed by atoms with Crippen molar-refractivity contribution >= 4 is 40.6 Å². The number of nitrogens with zero attached hydrogens (tertiary/aromatic N) is 5. The van der Waals surface area contributed by atoms with Crippen LogP contribution in [0.2, 0.25) is 0 Å². The fourth-order valence-corrected chi connectivity index (χ4v) is 6.11. The van der Waals surface area contributed by atoms with Crippen LogP contribution < -0.4 is 20.5 Å². The van der Waals surface area contributed by atoms with Crippen molar-refractivity contribution in [1.29, 1.82) is 0 Å². The van der Waals surface area contributed by atoms with Crippen molar-refractivity contribution in [3.63, 3.8) is 0 Å². The van der Waals surface area contributed by atoms with Gasteiger partial charge in [-0.3, -0.25) is 9.79 Å². The molecule has 1 aromatic heterocycles. The summed E-state index contributed by atoms with van der Waals surface area (Å²) in [6.45, 7) is 1.20. The Morgan fingerprint density at radius 3 is 2.55 bits per heavy atom. The Hall–Kier alpha value is -4.90. The Kier molecular flexibility index (Phi) is 6.82. The summed E-state index contributed by atoms with van der Waals surface area (Å²) >= 11 is 0. The van der Waals surface area contributed by atoms with Crippen LogP contribution >= 0.6 is 0 Å². The smallest absolute Gasteiger partial charge is 0.314 e. The molecule has 0 saturated carbocycles. The van der Waals surface area contributed by atoms with Crippen LogP contribution in [-0.2, 0) is 7.05 Å². The molecule has 1 fully saturated rings. The summed E-state index contributed by atoms with van der Waals surface area (Å²) in [5.41, 5.74) is 10.3. The van der Waals surface area contributed by atoms with E-state index in [4.69, 9.17) is 20.2 Å². The average molecular weight is 569 g/mol. The fourth-order valence-electron chi connectivity index (χ4n) is 6.11. The van der Waals surface area contributed by atoms with Gasteiger partial charge in [-0.2, -0.15) is 4.99 Å². The number of primary amides is 1. The number of carbonyl (C=O) groups excluding carboxylic acids is 2. The van der Waals surface area contributed by atoms with Gasteiger partial charge in [0.05, 0.1) is 50.4 Å². The third-order valence-corrected chi connectivity index (χ3v) is 8.48. The van der Waals surface area contributed by atoms with Crippen LogP contribution in [0.5, 0.6) is 11.5 Å². The summed E-state index contributed by atoms with van der Waals surface area (Å²) in [6, 6.07) is 12.9. The average Bonchev–Trinajstić information content (AvgIpc) is 3.51. The predicted octanol–water partition coefficient (Wildman–Crippen LogP) is 4.21. The van der Waals surface area contributed by atoms with Crippen LogP contribution in [0.15, 0.2) is 76.2 Å². The molecule has 216 valence electrons. The van der Waals surface area contributed by atoms with Crippen molar-refractivity contribution < 1.29 is 23.5 Å². The monoisotopic (exact) mass is 568 g/mol. The number of hydrogen-bond acceptors (Lipinski definition) is 6. The number of nitrogens with one attached hydrogen (secondary N) is 1. The number of methoxy groups -OCH3 is 2. The van der Waals surface area contributed by atoms with Crippen molar-refractivity contribution in [2.24, 2.45) is 28.7 Å². The Morgan fingerprint density at radius 1 is 1.07 bits per heavy atom. The van der Waals surface area contributed by atoms with Gasteiger partial charge in [0.1, 0.15) is 29.1 Å². The summed E-state index contributed by atoms with van der Waals surface area (Å²) in [5.74, 6) is 1.98. The SMILES string of the molecule is COc1cc(C2=NC(C3CCN(C(N)=O)CC3)=C3C=NC=C[N+]23C)ccc1NC(=O)c1cc2c(OC)cccc2n1C. The minimum absolute atomic E-state index is 0.184. The minimum atomic E-state index is -0.385. The minimum Gasteiger partial charge on any atom is -0.496 e. The molecule has 3 amide bonds. The number of aliphatic imine (C=N–C) groups is 2. The maximum atomic E-state index is 13.4. The topological polar surface area (TPSA) is 124 Å². The molecule has 11 heteroatoms. The molecule has 1 atom stereocenters. The number of fused-ring (bicyclic) bond motifs is 2. The van der Waals surface area contributed by atoms with E-state index in [1.807, 2.05) is 66.5 Å². The van der Waals surface area contributed by atoms with E-state index in [0.29, 0.717) is 40.5 Å². The number of quaternary nitrogens is 1. The van der Waals surface area contributed by atoms with Gasteiger partial charge < -0.3 is 30.0 Å². The number of benzene rings is 2. The first-order chi connectivity index (χ1) is 20.2. The van der Waals surface area contributed by atoms with Crippen molar-refractivity contribution in [2.45, 2.75) is 12.8 Å². The van der Waals surface area contributed by atoms with Crippen LogP contribution in [0, 0.1) is 5.92 Å². The van der Waals surface area contributed by atoms with Gasteiger partial charge in [-0.15, -0.1) is 0 Å². The lowest BCUT2D eigenvalue weighted by molar-refractivity contribution is -0.713. The maximum Gasteiger partial charge on any atom is 0.314 e. The summed E-state index contributed by atoms with van der Waals surface area (Å²) in [5, 5.41) is 3.88. The van der Waals surface area contributed by atoms with Gasteiger partial charge in [-0.25, -0.2) is 9.28 Å². The molecular formula is C31H34N7O4+. The first kappa shape index (κ1) is 27.3. The molecule has 3 aliphatic heterocycles. The second-order valence-electron chi connectivity index (χ2n) is 10.8. The number of hydrogen-bond donors (Lipinski definition) is 2. The zero-order valence-electron chi connectivity index (χ0n) is 24.1. The van der Waals surface area contributed by atoms with E-state index < -0.39 is 0 Å². The number of ether oxygens (including phenoxy) is 2. The lowest BCUT2D eigenvalue weighted by Crippen LogP contribution is -2.43. The van der Waals surface area contributed by atoms with Crippen molar-refractivity contribution in [3.8, 4) is 11.5 Å². The highest BCUT2D eigenvalue weighted by atomic mass is 16.5. The molecule has 3 aliphatic rings. The van der Waals surface area contributed by atoms with E-state index in [0.717, 1.165) is 46.5 Å². The Balaban J connectivity index is 1.30. The van der Waals surface area contributed by atoms with Crippen LogP contribution in [-0.4, -0.2) is 72.3 Å².